The van der Waals surface area contributed by atoms with E-state index in [9.17, 15) is 5.11 Å². The molecule has 0 bridgehead atoms. The van der Waals surface area contributed by atoms with Crippen LogP contribution in [0.2, 0.25) is 0 Å². The summed E-state index contributed by atoms with van der Waals surface area (Å²) in [7, 11) is 0. The zero-order chi connectivity index (χ0) is 18.0. The van der Waals surface area contributed by atoms with E-state index in [-0.39, 0.29) is 36.0 Å². The third-order valence-electron chi connectivity index (χ3n) is 5.94. The van der Waals surface area contributed by atoms with Crippen molar-refractivity contribution in [3.8, 4) is 0 Å². The molecule has 1 heterocycles. The van der Waals surface area contributed by atoms with Gasteiger partial charge in [0.1, 0.15) is 0 Å². The number of aliphatic hydroxyl groups excluding tert-OH is 1. The Morgan fingerprint density at radius 2 is 1.96 bits per heavy atom. The van der Waals surface area contributed by atoms with E-state index in [1.54, 1.807) is 0 Å². The van der Waals surface area contributed by atoms with Crippen LogP contribution < -0.4 is 10.6 Å². The molecular formula is C20H41IN4O. The van der Waals surface area contributed by atoms with Gasteiger partial charge in [-0.25, -0.2) is 0 Å². The number of likely N-dealkylation sites (tertiary alicyclic amines) is 1. The Balaban J connectivity index is 0.00000338. The van der Waals surface area contributed by atoms with Crippen molar-refractivity contribution in [1.29, 1.82) is 0 Å². The summed E-state index contributed by atoms with van der Waals surface area (Å²) >= 11 is 0. The van der Waals surface area contributed by atoms with Crippen molar-refractivity contribution in [3.63, 3.8) is 0 Å². The molecule has 2 rings (SSSR count). The Morgan fingerprint density at radius 3 is 2.62 bits per heavy atom. The molecule has 0 radical (unpaired) electrons. The van der Waals surface area contributed by atoms with Gasteiger partial charge in [0.15, 0.2) is 5.96 Å². The minimum Gasteiger partial charge on any atom is -0.396 e. The Morgan fingerprint density at radius 1 is 1.19 bits per heavy atom. The summed E-state index contributed by atoms with van der Waals surface area (Å²) in [5, 5.41) is 16.5. The van der Waals surface area contributed by atoms with Gasteiger partial charge in [-0.3, -0.25) is 4.99 Å². The molecule has 6 heteroatoms. The van der Waals surface area contributed by atoms with E-state index < -0.39 is 0 Å². The van der Waals surface area contributed by atoms with Gasteiger partial charge in [-0.2, -0.15) is 0 Å². The maximum Gasteiger partial charge on any atom is 0.191 e. The van der Waals surface area contributed by atoms with Crippen LogP contribution in [0.3, 0.4) is 0 Å². The van der Waals surface area contributed by atoms with Crippen molar-refractivity contribution >= 4 is 29.9 Å². The number of nitrogens with one attached hydrogen (secondary N) is 2. The van der Waals surface area contributed by atoms with Crippen molar-refractivity contribution in [3.05, 3.63) is 0 Å². The average molecular weight is 480 g/mol. The van der Waals surface area contributed by atoms with Crippen LogP contribution in [0.15, 0.2) is 4.99 Å². The first-order chi connectivity index (χ1) is 12.2. The summed E-state index contributed by atoms with van der Waals surface area (Å²) in [5.41, 5.74) is 0.223. The molecule has 2 fully saturated rings. The van der Waals surface area contributed by atoms with Gasteiger partial charge in [0, 0.05) is 32.8 Å². The average Bonchev–Trinajstić information content (AvgIpc) is 3.06. The molecular weight excluding hydrogens is 439 g/mol. The second-order valence-corrected chi connectivity index (χ2v) is 8.07. The number of halogens is 1. The molecule has 2 aliphatic rings. The topological polar surface area (TPSA) is 59.9 Å². The van der Waals surface area contributed by atoms with Crippen LogP contribution in [0.5, 0.6) is 0 Å². The summed E-state index contributed by atoms with van der Waals surface area (Å²) in [6.45, 7) is 11.1. The quantitative estimate of drug-likeness (QED) is 0.270. The van der Waals surface area contributed by atoms with Crippen molar-refractivity contribution in [2.45, 2.75) is 65.2 Å². The maximum atomic E-state index is 9.48. The first kappa shape index (κ1) is 24.0. The van der Waals surface area contributed by atoms with Crippen LogP contribution in [0, 0.1) is 11.3 Å². The smallest absolute Gasteiger partial charge is 0.191 e. The lowest BCUT2D eigenvalue weighted by molar-refractivity contribution is 0.137. The molecule has 1 unspecified atom stereocenters. The molecule has 3 N–H and O–H groups in total. The zero-order valence-corrected chi connectivity index (χ0v) is 19.3. The number of rotatable bonds is 9. The van der Waals surface area contributed by atoms with E-state index in [2.05, 4.69) is 29.4 Å². The van der Waals surface area contributed by atoms with E-state index in [0.29, 0.717) is 0 Å². The van der Waals surface area contributed by atoms with Gasteiger partial charge in [0.25, 0.3) is 0 Å². The highest BCUT2D eigenvalue weighted by Gasteiger charge is 2.31. The van der Waals surface area contributed by atoms with Gasteiger partial charge in [0.05, 0.1) is 0 Å². The highest BCUT2D eigenvalue weighted by atomic mass is 127. The van der Waals surface area contributed by atoms with Crippen LogP contribution in [-0.4, -0.2) is 61.8 Å². The van der Waals surface area contributed by atoms with Gasteiger partial charge in [-0.1, -0.05) is 26.2 Å². The van der Waals surface area contributed by atoms with E-state index in [1.807, 2.05) is 0 Å². The van der Waals surface area contributed by atoms with Gasteiger partial charge in [0.2, 0.25) is 0 Å². The zero-order valence-electron chi connectivity index (χ0n) is 16.9. The van der Waals surface area contributed by atoms with Crippen molar-refractivity contribution in [2.75, 3.05) is 45.9 Å². The SMILES string of the molecule is CCCN1CCC(CNC(=NCC2(CCO)CCCCC2)NCC)C1.I. The molecule has 0 aromatic rings. The molecule has 0 aromatic heterocycles. The van der Waals surface area contributed by atoms with Crippen LogP contribution in [0.1, 0.15) is 65.2 Å². The first-order valence-electron chi connectivity index (χ1n) is 10.6. The second kappa shape index (κ2) is 13.2. The Hall–Kier alpha value is -0.0800. The number of guanidine groups is 1. The fraction of sp³-hybridized carbons (Fsp3) is 0.950. The lowest BCUT2D eigenvalue weighted by atomic mass is 9.72. The minimum absolute atomic E-state index is 0. The first-order valence-corrected chi connectivity index (χ1v) is 10.6. The van der Waals surface area contributed by atoms with Gasteiger partial charge >= 0.3 is 0 Å². The van der Waals surface area contributed by atoms with E-state index in [1.165, 1.54) is 64.6 Å². The molecule has 1 saturated carbocycles. The Bertz CT molecular complexity index is 394. The van der Waals surface area contributed by atoms with Crippen LogP contribution in [0.25, 0.3) is 0 Å². The molecule has 154 valence electrons. The number of nitrogens with zero attached hydrogens (tertiary/aromatic N) is 2. The largest absolute Gasteiger partial charge is 0.396 e. The predicted molar refractivity (Wildman–Crippen MR) is 121 cm³/mol. The lowest BCUT2D eigenvalue weighted by Crippen LogP contribution is -2.41. The Kier molecular flexibility index (Phi) is 12.1. The predicted octanol–water partition coefficient (Wildman–Crippen LogP) is 3.22. The molecule has 5 nitrogen and oxygen atoms in total. The second-order valence-electron chi connectivity index (χ2n) is 8.07. The molecule has 26 heavy (non-hydrogen) atoms. The third-order valence-corrected chi connectivity index (χ3v) is 5.94. The van der Waals surface area contributed by atoms with E-state index >= 15 is 0 Å². The fourth-order valence-electron chi connectivity index (χ4n) is 4.45. The summed E-state index contributed by atoms with van der Waals surface area (Å²) < 4.78 is 0. The minimum atomic E-state index is 0. The van der Waals surface area contributed by atoms with Crippen molar-refractivity contribution in [1.82, 2.24) is 15.5 Å². The fourth-order valence-corrected chi connectivity index (χ4v) is 4.45. The van der Waals surface area contributed by atoms with Crippen molar-refractivity contribution in [2.24, 2.45) is 16.3 Å². The summed E-state index contributed by atoms with van der Waals surface area (Å²) in [6, 6.07) is 0. The molecule has 1 aliphatic heterocycles. The number of aliphatic imine (C=N–C) groups is 1. The van der Waals surface area contributed by atoms with Crippen LogP contribution in [0.4, 0.5) is 0 Å². The van der Waals surface area contributed by atoms with Gasteiger partial charge in [-0.15, -0.1) is 24.0 Å². The molecule has 1 saturated heterocycles. The van der Waals surface area contributed by atoms with Gasteiger partial charge in [-0.05, 0) is 63.5 Å². The third kappa shape index (κ3) is 7.89. The summed E-state index contributed by atoms with van der Waals surface area (Å²) in [6.07, 6.45) is 9.77. The van der Waals surface area contributed by atoms with Crippen molar-refractivity contribution < 1.29 is 5.11 Å². The van der Waals surface area contributed by atoms with Crippen LogP contribution >= 0.6 is 24.0 Å². The molecule has 0 aromatic carbocycles. The standard InChI is InChI=1S/C20H40N4O.HI/c1-3-12-24-13-8-18(16-24)15-22-19(21-4-2)23-17-20(11-14-25)9-6-5-7-10-20;/h18,25H,3-17H2,1-2H3,(H2,21,22,23);1H. The Labute approximate surface area is 177 Å². The maximum absolute atomic E-state index is 9.48. The molecule has 1 aliphatic carbocycles. The highest BCUT2D eigenvalue weighted by Crippen LogP contribution is 2.39. The number of hydrogen-bond acceptors (Lipinski definition) is 3. The van der Waals surface area contributed by atoms with E-state index in [0.717, 1.165) is 37.9 Å². The monoisotopic (exact) mass is 480 g/mol. The highest BCUT2D eigenvalue weighted by molar-refractivity contribution is 14.0. The van der Waals surface area contributed by atoms with Gasteiger partial charge < -0.3 is 20.6 Å². The van der Waals surface area contributed by atoms with E-state index in [4.69, 9.17) is 4.99 Å². The summed E-state index contributed by atoms with van der Waals surface area (Å²) in [4.78, 5) is 7.49. The number of aliphatic hydroxyl groups is 1. The normalized spacial score (nSPS) is 23.5. The lowest BCUT2D eigenvalue weighted by Gasteiger charge is -2.35. The molecule has 0 amide bonds. The summed E-state index contributed by atoms with van der Waals surface area (Å²) in [5.74, 6) is 1.69. The van der Waals surface area contributed by atoms with Crippen LogP contribution in [-0.2, 0) is 0 Å². The number of hydrogen-bond donors (Lipinski definition) is 3. The molecule has 1 atom stereocenters. The molecule has 0 spiro atoms.